The maximum absolute atomic E-state index is 12.4. The van der Waals surface area contributed by atoms with Gasteiger partial charge in [0.2, 0.25) is 0 Å². The van der Waals surface area contributed by atoms with Crippen LogP contribution in [-0.2, 0) is 23.7 Å². The van der Waals surface area contributed by atoms with Crippen LogP contribution in [0.3, 0.4) is 0 Å². The Kier molecular flexibility index (Phi) is 12.7. The van der Waals surface area contributed by atoms with Crippen LogP contribution in [0.25, 0.3) is 0 Å². The molecule has 0 bridgehead atoms. The third-order valence-electron chi connectivity index (χ3n) is 17.8. The molecular formula is C42H72O15. The second-order valence-electron chi connectivity index (χ2n) is 20.4. The Balaban J connectivity index is 0.998. The summed E-state index contributed by atoms with van der Waals surface area (Å²) in [6.07, 6.45) is -6.09. The first-order valence-electron chi connectivity index (χ1n) is 21.6. The first-order chi connectivity index (χ1) is 26.9. The highest BCUT2D eigenvalue weighted by molar-refractivity contribution is 5.19. The second kappa shape index (κ2) is 16.3. The monoisotopic (exact) mass is 816 g/mol. The maximum atomic E-state index is 12.4. The van der Waals surface area contributed by atoms with Crippen LogP contribution in [0.1, 0.15) is 98.8 Å². The third-order valence-corrected chi connectivity index (χ3v) is 17.8. The summed E-state index contributed by atoms with van der Waals surface area (Å²) in [5.41, 5.74) is -1.31. The van der Waals surface area contributed by atoms with Gasteiger partial charge in [-0.3, -0.25) is 0 Å². The van der Waals surface area contributed by atoms with Gasteiger partial charge in [-0.1, -0.05) is 34.6 Å². The molecule has 0 amide bonds. The SMILES string of the molecule is C[C@H](CO[C@@H]1O[C@H](CO)[C@@H](O)[C@H](O)[C@H]1O)[C@H]1CC[C@@]2(CC[C@]3(C)[C@H](CC[C@@H]4[C@@]5(C)CC[C@H](O[C@@H]6O[C@H](CO)[C@@H](O)[C@H](O)[C@H]6O)[C@@](C)(CO)[C@@H]5CC[C@]43C)[C@H]2O)CO1. The molecule has 0 aromatic carbocycles. The molecule has 330 valence electrons. The van der Waals surface area contributed by atoms with E-state index in [1.165, 1.54) is 0 Å². The lowest BCUT2D eigenvalue weighted by molar-refractivity contribution is -0.336. The van der Waals surface area contributed by atoms with Crippen molar-refractivity contribution in [3.63, 3.8) is 0 Å². The first-order valence-corrected chi connectivity index (χ1v) is 21.6. The van der Waals surface area contributed by atoms with E-state index in [0.29, 0.717) is 18.9 Å². The van der Waals surface area contributed by atoms with Crippen LogP contribution in [0, 0.1) is 50.7 Å². The number of hydrogen-bond donors (Lipinski definition) is 10. The zero-order valence-electron chi connectivity index (χ0n) is 34.4. The zero-order valence-corrected chi connectivity index (χ0v) is 34.4. The highest BCUT2D eigenvalue weighted by Gasteiger charge is 2.70. The predicted molar refractivity (Wildman–Crippen MR) is 202 cm³/mol. The van der Waals surface area contributed by atoms with Crippen molar-refractivity contribution in [3.05, 3.63) is 0 Å². The van der Waals surface area contributed by atoms with Crippen LogP contribution in [0.2, 0.25) is 0 Å². The van der Waals surface area contributed by atoms with Gasteiger partial charge in [-0.25, -0.2) is 0 Å². The number of aliphatic hydroxyl groups excluding tert-OH is 10. The summed E-state index contributed by atoms with van der Waals surface area (Å²) in [6.45, 7) is 10.7. The Labute approximate surface area is 336 Å². The minimum atomic E-state index is -1.54. The van der Waals surface area contributed by atoms with Crippen LogP contribution in [0.4, 0.5) is 0 Å². The molecule has 0 unspecified atom stereocenters. The molecule has 57 heavy (non-hydrogen) atoms. The van der Waals surface area contributed by atoms with Crippen LogP contribution in [-0.4, -0.2) is 164 Å². The average Bonchev–Trinajstić information content (AvgIpc) is 3.20. The minimum Gasteiger partial charge on any atom is -0.396 e. The molecule has 15 heteroatoms. The first kappa shape index (κ1) is 44.5. The third kappa shape index (κ3) is 6.98. The molecule has 4 aliphatic carbocycles. The van der Waals surface area contributed by atoms with E-state index in [1.807, 2.05) is 6.92 Å². The molecule has 7 rings (SSSR count). The largest absolute Gasteiger partial charge is 0.396 e. The second-order valence-corrected chi connectivity index (χ2v) is 20.4. The van der Waals surface area contributed by atoms with E-state index in [2.05, 4.69) is 27.7 Å². The summed E-state index contributed by atoms with van der Waals surface area (Å²) in [5.74, 6) is 0.483. The standard InChI is InChI=1S/C42H72O15/c1-21(18-53-36-33(50)31(48)29(46)24(16-43)55-36)23-8-13-42(20-54-23)15-14-40(4)22(35(42)52)6-7-27-38(2)11-10-28(39(3,19-45)26(38)9-12-41(27,40)5)57-37-34(51)32(49)30(47)25(17-44)56-37/h21-37,43-52H,6-20H2,1-5H3/t21-,22-,23-,24-,25-,26-,27-,28+,29-,30-,31+,32+,33-,34-,35-,36-,37+,38+,39+,40-,41-,42-/m1/s1. The van der Waals surface area contributed by atoms with E-state index in [9.17, 15) is 51.1 Å². The lowest BCUT2D eigenvalue weighted by atomic mass is 9.33. The summed E-state index contributed by atoms with van der Waals surface area (Å²) >= 11 is 0. The van der Waals surface area contributed by atoms with E-state index >= 15 is 0 Å². The smallest absolute Gasteiger partial charge is 0.186 e. The molecule has 7 fully saturated rings. The van der Waals surface area contributed by atoms with E-state index < -0.39 is 92.2 Å². The van der Waals surface area contributed by atoms with Gasteiger partial charge >= 0.3 is 0 Å². The van der Waals surface area contributed by atoms with Gasteiger partial charge in [0, 0.05) is 16.7 Å². The molecule has 3 heterocycles. The Morgan fingerprint density at radius 3 is 1.86 bits per heavy atom. The Hall–Kier alpha value is -0.600. The van der Waals surface area contributed by atoms with Crippen molar-refractivity contribution in [1.82, 2.24) is 0 Å². The summed E-state index contributed by atoms with van der Waals surface area (Å²) in [7, 11) is 0. The van der Waals surface area contributed by atoms with Gasteiger partial charge in [0.25, 0.3) is 0 Å². The van der Waals surface area contributed by atoms with Crippen molar-refractivity contribution < 1.29 is 74.7 Å². The summed E-state index contributed by atoms with van der Waals surface area (Å²) in [4.78, 5) is 0. The molecule has 4 saturated carbocycles. The summed E-state index contributed by atoms with van der Waals surface area (Å²) < 4.78 is 30.1. The molecule has 15 nitrogen and oxygen atoms in total. The van der Waals surface area contributed by atoms with E-state index in [4.69, 9.17) is 23.7 Å². The molecule has 7 aliphatic rings. The van der Waals surface area contributed by atoms with Crippen LogP contribution < -0.4 is 0 Å². The van der Waals surface area contributed by atoms with Crippen molar-refractivity contribution in [1.29, 1.82) is 0 Å². The van der Waals surface area contributed by atoms with Crippen LogP contribution >= 0.6 is 0 Å². The number of hydrogen-bond acceptors (Lipinski definition) is 15. The van der Waals surface area contributed by atoms with E-state index in [-0.39, 0.29) is 58.7 Å². The van der Waals surface area contributed by atoms with Crippen molar-refractivity contribution in [3.8, 4) is 0 Å². The summed E-state index contributed by atoms with van der Waals surface area (Å²) in [6, 6.07) is 0. The van der Waals surface area contributed by atoms with Crippen molar-refractivity contribution in [2.75, 3.05) is 33.0 Å². The molecule has 3 saturated heterocycles. The van der Waals surface area contributed by atoms with Crippen molar-refractivity contribution in [2.45, 2.75) is 179 Å². The Morgan fingerprint density at radius 1 is 0.632 bits per heavy atom. The lowest BCUT2D eigenvalue weighted by Crippen LogP contribution is -2.69. The molecular weight excluding hydrogens is 744 g/mol. The maximum Gasteiger partial charge on any atom is 0.186 e. The van der Waals surface area contributed by atoms with Gasteiger partial charge in [0.05, 0.1) is 51.3 Å². The molecule has 0 aromatic heterocycles. The Morgan fingerprint density at radius 2 is 1.26 bits per heavy atom. The van der Waals surface area contributed by atoms with Gasteiger partial charge < -0.3 is 74.7 Å². The van der Waals surface area contributed by atoms with Gasteiger partial charge in [-0.15, -0.1) is 0 Å². The fourth-order valence-corrected chi connectivity index (χ4v) is 13.9. The zero-order chi connectivity index (χ0) is 41.5. The van der Waals surface area contributed by atoms with Gasteiger partial charge in [0.15, 0.2) is 12.6 Å². The van der Waals surface area contributed by atoms with Crippen LogP contribution in [0.5, 0.6) is 0 Å². The molecule has 0 radical (unpaired) electrons. The van der Waals surface area contributed by atoms with Crippen molar-refractivity contribution >= 4 is 0 Å². The topological polar surface area (TPSA) is 248 Å². The predicted octanol–water partition coefficient (Wildman–Crippen LogP) is 0.192. The fraction of sp³-hybridized carbons (Fsp3) is 1.00. The van der Waals surface area contributed by atoms with Gasteiger partial charge in [0.1, 0.15) is 48.8 Å². The normalized spacial score (nSPS) is 56.1. The molecule has 3 aliphatic heterocycles. The average molecular weight is 817 g/mol. The number of fused-ring (bicyclic) bond motifs is 5. The van der Waals surface area contributed by atoms with Crippen LogP contribution in [0.15, 0.2) is 0 Å². The molecule has 0 aromatic rings. The lowest BCUT2D eigenvalue weighted by Gasteiger charge is -2.73. The Bertz CT molecular complexity index is 1380. The van der Waals surface area contributed by atoms with Gasteiger partial charge in [-0.2, -0.15) is 0 Å². The highest BCUT2D eigenvalue weighted by atomic mass is 16.7. The van der Waals surface area contributed by atoms with Gasteiger partial charge in [-0.05, 0) is 98.2 Å². The molecule has 10 N–H and O–H groups in total. The van der Waals surface area contributed by atoms with E-state index in [0.717, 1.165) is 57.8 Å². The molecule has 1 spiro atoms. The number of rotatable bonds is 9. The minimum absolute atomic E-state index is 0.0561. The highest BCUT2D eigenvalue weighted by Crippen LogP contribution is 2.75. The van der Waals surface area contributed by atoms with Crippen molar-refractivity contribution in [2.24, 2.45) is 50.7 Å². The number of aliphatic hydroxyl groups is 10. The van der Waals surface area contributed by atoms with E-state index in [1.54, 1.807) is 0 Å². The summed E-state index contributed by atoms with van der Waals surface area (Å²) in [5, 5.41) is 105. The quantitative estimate of drug-likeness (QED) is 0.140. The number of ether oxygens (including phenoxy) is 5. The molecule has 22 atom stereocenters. The fourth-order valence-electron chi connectivity index (χ4n) is 13.9.